The predicted octanol–water partition coefficient (Wildman–Crippen LogP) is 2.66. The number of allylic oxidation sites excluding steroid dienone is 2. The van der Waals surface area contributed by atoms with Gasteiger partial charge in [-0.15, -0.1) is 0 Å². The van der Waals surface area contributed by atoms with Gasteiger partial charge in [-0.1, -0.05) is 19.9 Å². The van der Waals surface area contributed by atoms with E-state index in [0.29, 0.717) is 18.4 Å². The van der Waals surface area contributed by atoms with Gasteiger partial charge in [0.1, 0.15) is 18.5 Å². The van der Waals surface area contributed by atoms with Crippen molar-refractivity contribution in [1.82, 2.24) is 0 Å². The van der Waals surface area contributed by atoms with Crippen LogP contribution in [0.15, 0.2) is 11.6 Å². The molecule has 2 aliphatic carbocycles. The van der Waals surface area contributed by atoms with Crippen molar-refractivity contribution in [3.8, 4) is 0 Å². The summed E-state index contributed by atoms with van der Waals surface area (Å²) in [5.74, 6) is 0.845. The van der Waals surface area contributed by atoms with Crippen LogP contribution in [0.4, 0.5) is 0 Å². The Balaban J connectivity index is 1.73. The average molecular weight is 292 g/mol. The largest absolute Gasteiger partial charge is 0.463 e. The lowest BCUT2D eigenvalue weighted by Gasteiger charge is -2.14. The van der Waals surface area contributed by atoms with Crippen molar-refractivity contribution in [2.75, 3.05) is 6.61 Å². The van der Waals surface area contributed by atoms with Crippen LogP contribution in [0.2, 0.25) is 0 Å². The molecule has 21 heavy (non-hydrogen) atoms. The number of hydrogen-bond donors (Lipinski definition) is 0. The average Bonchev–Trinajstić information content (AvgIpc) is 3.26. The highest BCUT2D eigenvalue weighted by Gasteiger charge is 2.61. The van der Waals surface area contributed by atoms with Crippen LogP contribution in [0.1, 0.15) is 46.5 Å². The molecule has 0 aromatic heterocycles. The lowest BCUT2D eigenvalue weighted by Crippen LogP contribution is -2.25. The first-order valence-corrected chi connectivity index (χ1v) is 7.86. The Morgan fingerprint density at radius 3 is 2.90 bits per heavy atom. The van der Waals surface area contributed by atoms with Crippen LogP contribution >= 0.6 is 0 Å². The van der Waals surface area contributed by atoms with Crippen molar-refractivity contribution >= 4 is 12.3 Å². The fraction of sp³-hybridized carbons (Fsp3) is 0.765. The van der Waals surface area contributed by atoms with E-state index in [2.05, 4.69) is 19.9 Å². The van der Waals surface area contributed by atoms with Gasteiger partial charge in [0.2, 0.25) is 0 Å². The molecule has 0 aromatic rings. The van der Waals surface area contributed by atoms with E-state index < -0.39 is 0 Å². The van der Waals surface area contributed by atoms with E-state index >= 15 is 0 Å². The standard InChI is InChI=1S/C17H24O4/c1-11(19)20-10-17-7-6-13-14(16(13,2)3)8-12(9-18)4-5-15(17)21-17/h8-9,13-15H,4-7,10H2,1-3H3/b12-8+/t13-,14+,15-,17+/m1/s1. The van der Waals surface area contributed by atoms with Gasteiger partial charge in [0, 0.05) is 6.92 Å². The van der Waals surface area contributed by atoms with E-state index in [1.54, 1.807) is 0 Å². The number of ether oxygens (including phenoxy) is 2. The molecule has 0 spiro atoms. The Hall–Kier alpha value is -1.16. The zero-order valence-corrected chi connectivity index (χ0v) is 13.1. The van der Waals surface area contributed by atoms with Crippen molar-refractivity contribution < 1.29 is 19.1 Å². The fourth-order valence-corrected chi connectivity index (χ4v) is 3.99. The molecule has 0 bridgehead atoms. The highest BCUT2D eigenvalue weighted by atomic mass is 16.6. The van der Waals surface area contributed by atoms with Gasteiger partial charge in [0.15, 0.2) is 0 Å². The smallest absolute Gasteiger partial charge is 0.302 e. The maximum Gasteiger partial charge on any atom is 0.302 e. The molecule has 4 heteroatoms. The van der Waals surface area contributed by atoms with E-state index in [1.165, 1.54) is 6.92 Å². The molecule has 1 saturated carbocycles. The molecular formula is C17H24O4. The number of rotatable bonds is 3. The molecule has 1 heterocycles. The lowest BCUT2D eigenvalue weighted by atomic mass is 9.92. The van der Waals surface area contributed by atoms with Crippen LogP contribution in [0.3, 0.4) is 0 Å². The van der Waals surface area contributed by atoms with E-state index in [1.807, 2.05) is 0 Å². The molecule has 4 nitrogen and oxygen atoms in total. The van der Waals surface area contributed by atoms with E-state index in [4.69, 9.17) is 9.47 Å². The number of fused-ring (bicyclic) bond motifs is 2. The summed E-state index contributed by atoms with van der Waals surface area (Å²) < 4.78 is 11.1. The summed E-state index contributed by atoms with van der Waals surface area (Å²) in [7, 11) is 0. The third kappa shape index (κ3) is 2.66. The van der Waals surface area contributed by atoms with Gasteiger partial charge in [-0.25, -0.2) is 0 Å². The lowest BCUT2D eigenvalue weighted by molar-refractivity contribution is -0.142. The summed E-state index contributed by atoms with van der Waals surface area (Å²) in [6.07, 6.45) is 6.90. The molecular weight excluding hydrogens is 268 g/mol. The molecule has 116 valence electrons. The molecule has 1 saturated heterocycles. The first-order chi connectivity index (χ1) is 9.89. The molecule has 4 atom stereocenters. The van der Waals surface area contributed by atoms with Gasteiger partial charge in [-0.2, -0.15) is 0 Å². The molecule has 0 radical (unpaired) electrons. The number of esters is 1. The zero-order chi connectivity index (χ0) is 15.3. The van der Waals surface area contributed by atoms with Crippen LogP contribution in [-0.2, 0) is 19.1 Å². The molecule has 3 rings (SSSR count). The minimum absolute atomic E-state index is 0.124. The molecule has 0 unspecified atom stereocenters. The first-order valence-electron chi connectivity index (χ1n) is 7.86. The summed E-state index contributed by atoms with van der Waals surface area (Å²) in [5.41, 5.74) is 0.876. The molecule has 0 aromatic carbocycles. The highest BCUT2D eigenvalue weighted by Crippen LogP contribution is 2.63. The van der Waals surface area contributed by atoms with Gasteiger partial charge < -0.3 is 9.47 Å². The summed E-state index contributed by atoms with van der Waals surface area (Å²) in [6.45, 7) is 6.32. The summed E-state index contributed by atoms with van der Waals surface area (Å²) in [4.78, 5) is 22.3. The van der Waals surface area contributed by atoms with Crippen molar-refractivity contribution in [1.29, 1.82) is 0 Å². The van der Waals surface area contributed by atoms with Gasteiger partial charge >= 0.3 is 5.97 Å². The zero-order valence-electron chi connectivity index (χ0n) is 13.1. The van der Waals surface area contributed by atoms with Crippen LogP contribution in [-0.4, -0.2) is 30.6 Å². The normalized spacial score (nSPS) is 42.6. The van der Waals surface area contributed by atoms with Crippen molar-refractivity contribution in [2.24, 2.45) is 17.3 Å². The van der Waals surface area contributed by atoms with Crippen LogP contribution in [0, 0.1) is 17.3 Å². The minimum atomic E-state index is -0.291. The van der Waals surface area contributed by atoms with Crippen LogP contribution in [0.25, 0.3) is 0 Å². The second kappa shape index (κ2) is 4.94. The van der Waals surface area contributed by atoms with Gasteiger partial charge in [0.25, 0.3) is 0 Å². The van der Waals surface area contributed by atoms with Crippen molar-refractivity contribution in [3.05, 3.63) is 11.6 Å². The number of hydrogen-bond acceptors (Lipinski definition) is 4. The summed E-state index contributed by atoms with van der Waals surface area (Å²) >= 11 is 0. The first kappa shape index (κ1) is 14.8. The van der Waals surface area contributed by atoms with Crippen LogP contribution < -0.4 is 0 Å². The monoisotopic (exact) mass is 292 g/mol. The number of carbonyl (C=O) groups excluding carboxylic acids is 2. The molecule has 2 fully saturated rings. The van der Waals surface area contributed by atoms with Crippen molar-refractivity contribution in [2.45, 2.75) is 58.2 Å². The quantitative estimate of drug-likeness (QED) is 0.456. The Labute approximate surface area is 125 Å². The van der Waals surface area contributed by atoms with Gasteiger partial charge in [0.05, 0.1) is 6.10 Å². The molecule has 0 N–H and O–H groups in total. The Morgan fingerprint density at radius 2 is 2.24 bits per heavy atom. The second-order valence-corrected chi connectivity index (χ2v) is 7.34. The maximum atomic E-state index is 11.2. The Morgan fingerprint density at radius 1 is 1.48 bits per heavy atom. The number of aldehydes is 1. The third-order valence-electron chi connectivity index (χ3n) is 5.68. The highest BCUT2D eigenvalue weighted by molar-refractivity contribution is 5.73. The Bertz CT molecular complexity index is 493. The molecule has 1 aliphatic heterocycles. The topological polar surface area (TPSA) is 55.9 Å². The van der Waals surface area contributed by atoms with E-state index in [0.717, 1.165) is 37.5 Å². The van der Waals surface area contributed by atoms with E-state index in [9.17, 15) is 9.59 Å². The maximum absolute atomic E-state index is 11.2. The predicted molar refractivity (Wildman–Crippen MR) is 77.6 cm³/mol. The SMILES string of the molecule is CC(=O)OC[C@@]12CC[C@@H]3[C@H](/C=C(/C=O)CC[C@H]1O2)C3(C)C. The Kier molecular flexibility index (Phi) is 3.47. The van der Waals surface area contributed by atoms with Crippen LogP contribution in [0.5, 0.6) is 0 Å². The number of carbonyl (C=O) groups is 2. The third-order valence-corrected chi connectivity index (χ3v) is 5.68. The van der Waals surface area contributed by atoms with E-state index in [-0.39, 0.29) is 23.1 Å². The minimum Gasteiger partial charge on any atom is -0.463 e. The molecule has 3 aliphatic rings. The second-order valence-electron chi connectivity index (χ2n) is 7.34. The summed E-state index contributed by atoms with van der Waals surface area (Å²) in [5, 5.41) is 0. The number of epoxide rings is 1. The fourth-order valence-electron chi connectivity index (χ4n) is 3.99. The van der Waals surface area contributed by atoms with Gasteiger partial charge in [-0.3, -0.25) is 9.59 Å². The van der Waals surface area contributed by atoms with Crippen molar-refractivity contribution in [3.63, 3.8) is 0 Å². The molecule has 0 amide bonds. The van der Waals surface area contributed by atoms with Gasteiger partial charge in [-0.05, 0) is 48.5 Å². The summed E-state index contributed by atoms with van der Waals surface area (Å²) in [6, 6.07) is 0.